The summed E-state index contributed by atoms with van der Waals surface area (Å²) in [6, 6.07) is 17.3. The highest BCUT2D eigenvalue weighted by molar-refractivity contribution is 5.92. The molecule has 0 radical (unpaired) electrons. The van der Waals surface area contributed by atoms with Gasteiger partial charge in [-0.25, -0.2) is 19.2 Å². The summed E-state index contributed by atoms with van der Waals surface area (Å²) < 4.78 is 41.2. The lowest BCUT2D eigenvalue weighted by atomic mass is 10.2. The monoisotopic (exact) mass is 750 g/mol. The lowest BCUT2D eigenvalue weighted by Gasteiger charge is -2.09. The molecule has 14 nitrogen and oxygen atoms in total. The molecule has 3 aromatic rings. The van der Waals surface area contributed by atoms with Crippen LogP contribution < -0.4 is 18.9 Å². The molecule has 0 aromatic heterocycles. The van der Waals surface area contributed by atoms with Gasteiger partial charge in [-0.15, -0.1) is 0 Å². The Morgan fingerprint density at radius 3 is 0.963 bits per heavy atom. The molecular formula is C40H46O14. The van der Waals surface area contributed by atoms with Crippen LogP contribution in [0, 0.1) is 0 Å². The van der Waals surface area contributed by atoms with Crippen LogP contribution in [0.25, 0.3) is 0 Å². The lowest BCUT2D eigenvalue weighted by molar-refractivity contribution is -0.144. The van der Waals surface area contributed by atoms with Crippen LogP contribution in [0.4, 0.5) is 9.59 Å². The molecule has 0 N–H and O–H groups in total. The van der Waals surface area contributed by atoms with Crippen LogP contribution in [0.2, 0.25) is 0 Å². The Kier molecular flexibility index (Phi) is 19.2. The highest BCUT2D eigenvalue weighted by Crippen LogP contribution is 2.22. The molecule has 0 unspecified atom stereocenters. The summed E-state index contributed by atoms with van der Waals surface area (Å²) in [6.07, 6.45) is 5.04. The van der Waals surface area contributed by atoms with Crippen LogP contribution >= 0.6 is 0 Å². The van der Waals surface area contributed by atoms with E-state index in [-0.39, 0.29) is 59.3 Å². The van der Waals surface area contributed by atoms with Crippen LogP contribution in [-0.4, -0.2) is 62.6 Å². The third kappa shape index (κ3) is 17.1. The summed E-state index contributed by atoms with van der Waals surface area (Å²) in [5.74, 6) is -0.979. The van der Waals surface area contributed by atoms with Crippen molar-refractivity contribution < 1.29 is 66.7 Å². The van der Waals surface area contributed by atoms with Crippen molar-refractivity contribution in [2.75, 3.05) is 26.4 Å². The number of carbonyl (C=O) groups excluding carboxylic acids is 6. The molecule has 3 aromatic carbocycles. The van der Waals surface area contributed by atoms with Crippen molar-refractivity contribution in [3.63, 3.8) is 0 Å². The van der Waals surface area contributed by atoms with E-state index in [4.69, 9.17) is 37.9 Å². The second-order valence-electron chi connectivity index (χ2n) is 11.7. The van der Waals surface area contributed by atoms with Crippen LogP contribution in [0.5, 0.6) is 23.0 Å². The van der Waals surface area contributed by atoms with E-state index in [1.807, 2.05) is 0 Å². The second kappa shape index (κ2) is 24.3. The Hall–Kier alpha value is -5.92. The normalized spacial score (nSPS) is 10.4. The van der Waals surface area contributed by atoms with E-state index in [1.54, 1.807) is 13.8 Å². The minimum Gasteiger partial charge on any atom is -0.466 e. The Morgan fingerprint density at radius 2 is 0.648 bits per heavy atom. The number of ether oxygens (including phenoxy) is 8. The largest absolute Gasteiger partial charge is 0.513 e. The van der Waals surface area contributed by atoms with Crippen molar-refractivity contribution in [2.45, 2.75) is 78.1 Å². The van der Waals surface area contributed by atoms with E-state index in [0.717, 1.165) is 38.5 Å². The van der Waals surface area contributed by atoms with E-state index >= 15 is 0 Å². The molecule has 14 heteroatoms. The minimum absolute atomic E-state index is 0.184. The van der Waals surface area contributed by atoms with Crippen molar-refractivity contribution in [2.24, 2.45) is 0 Å². The van der Waals surface area contributed by atoms with Crippen molar-refractivity contribution in [3.05, 3.63) is 83.9 Å². The highest BCUT2D eigenvalue weighted by atomic mass is 16.7. The van der Waals surface area contributed by atoms with E-state index in [1.165, 1.54) is 72.8 Å². The predicted octanol–water partition coefficient (Wildman–Crippen LogP) is 8.18. The molecule has 0 saturated heterocycles. The topological polar surface area (TPSA) is 176 Å². The molecule has 0 fully saturated rings. The van der Waals surface area contributed by atoms with Crippen LogP contribution in [-0.2, 0) is 28.5 Å². The van der Waals surface area contributed by atoms with Gasteiger partial charge in [-0.1, -0.05) is 13.8 Å². The van der Waals surface area contributed by atoms with Gasteiger partial charge in [0.25, 0.3) is 0 Å². The third-order valence-corrected chi connectivity index (χ3v) is 7.45. The molecule has 0 aliphatic carbocycles. The number of carbonyl (C=O) groups is 6. The predicted molar refractivity (Wildman–Crippen MR) is 193 cm³/mol. The molecule has 0 aliphatic rings. The zero-order valence-corrected chi connectivity index (χ0v) is 30.5. The minimum atomic E-state index is -0.865. The molecular weight excluding hydrogens is 704 g/mol. The molecule has 0 amide bonds. The molecule has 0 atom stereocenters. The quantitative estimate of drug-likeness (QED) is 0.0316. The summed E-state index contributed by atoms with van der Waals surface area (Å²) in [5, 5.41) is 0. The molecule has 0 saturated carbocycles. The fraction of sp³-hybridized carbons (Fsp3) is 0.400. The SMILES string of the molecule is CCC(=O)OCCCCCCOC(=O)Oc1ccc(C(=O)Oc2ccc(OC(=O)c3ccc(OC(=O)OCCCCCCOC(=O)CC)cc3)cc2)cc1. The summed E-state index contributed by atoms with van der Waals surface area (Å²) in [6.45, 7) is 4.61. The first-order chi connectivity index (χ1) is 26.2. The van der Waals surface area contributed by atoms with Gasteiger partial charge in [-0.05, 0) is 124 Å². The smallest absolute Gasteiger partial charge is 0.466 e. The van der Waals surface area contributed by atoms with Gasteiger partial charge in [-0.2, -0.15) is 0 Å². The first kappa shape index (κ1) is 42.5. The highest BCUT2D eigenvalue weighted by Gasteiger charge is 2.14. The summed E-state index contributed by atoms with van der Waals surface area (Å²) in [4.78, 5) is 71.4. The number of hydrogen-bond donors (Lipinski definition) is 0. The van der Waals surface area contributed by atoms with Crippen LogP contribution in [0.15, 0.2) is 72.8 Å². The van der Waals surface area contributed by atoms with Crippen LogP contribution in [0.1, 0.15) is 98.8 Å². The molecule has 0 heterocycles. The number of esters is 4. The van der Waals surface area contributed by atoms with Gasteiger partial charge in [0.15, 0.2) is 0 Å². The Balaban J connectivity index is 1.31. The first-order valence-corrected chi connectivity index (χ1v) is 17.9. The maximum atomic E-state index is 12.6. The lowest BCUT2D eigenvalue weighted by Crippen LogP contribution is -2.12. The standard InChI is InChI=1S/C40H46O14/c1-3-35(41)47-25-9-5-7-11-27-49-39(45)53-33-17-13-29(14-18-33)37(43)51-31-21-23-32(24-22-31)52-38(44)30-15-19-34(20-16-30)54-40(46)50-28-12-8-6-10-26-48-36(42)4-2/h13-24H,3-12,25-28H2,1-2H3. The van der Waals surface area contributed by atoms with Gasteiger partial charge in [0.1, 0.15) is 23.0 Å². The van der Waals surface area contributed by atoms with Gasteiger partial charge in [0, 0.05) is 12.8 Å². The Labute approximate surface area is 313 Å². The van der Waals surface area contributed by atoms with Gasteiger partial charge in [0.05, 0.1) is 37.6 Å². The summed E-state index contributed by atoms with van der Waals surface area (Å²) >= 11 is 0. The van der Waals surface area contributed by atoms with Crippen molar-refractivity contribution in [3.8, 4) is 23.0 Å². The Bertz CT molecular complexity index is 1510. The van der Waals surface area contributed by atoms with Crippen molar-refractivity contribution in [1.82, 2.24) is 0 Å². The number of rotatable bonds is 22. The van der Waals surface area contributed by atoms with Crippen LogP contribution in [0.3, 0.4) is 0 Å². The van der Waals surface area contributed by atoms with E-state index < -0.39 is 24.2 Å². The zero-order valence-electron chi connectivity index (χ0n) is 30.5. The molecule has 0 aliphatic heterocycles. The molecule has 54 heavy (non-hydrogen) atoms. The average Bonchev–Trinajstić information content (AvgIpc) is 3.17. The Morgan fingerprint density at radius 1 is 0.370 bits per heavy atom. The number of benzene rings is 3. The van der Waals surface area contributed by atoms with E-state index in [9.17, 15) is 28.8 Å². The van der Waals surface area contributed by atoms with Crippen molar-refractivity contribution in [1.29, 1.82) is 0 Å². The number of unbranched alkanes of at least 4 members (excludes halogenated alkanes) is 6. The van der Waals surface area contributed by atoms with Gasteiger partial charge in [-0.3, -0.25) is 9.59 Å². The van der Waals surface area contributed by atoms with Gasteiger partial charge in [0.2, 0.25) is 0 Å². The fourth-order valence-electron chi connectivity index (χ4n) is 4.48. The third-order valence-electron chi connectivity index (χ3n) is 7.45. The van der Waals surface area contributed by atoms with Gasteiger partial charge >= 0.3 is 36.2 Å². The average molecular weight is 751 g/mol. The molecule has 3 rings (SSSR count). The maximum Gasteiger partial charge on any atom is 0.513 e. The van der Waals surface area contributed by atoms with Crippen molar-refractivity contribution >= 4 is 36.2 Å². The molecule has 0 bridgehead atoms. The first-order valence-electron chi connectivity index (χ1n) is 17.9. The van der Waals surface area contributed by atoms with E-state index in [0.29, 0.717) is 38.9 Å². The molecule has 0 spiro atoms. The van der Waals surface area contributed by atoms with Gasteiger partial charge < -0.3 is 37.9 Å². The second-order valence-corrected chi connectivity index (χ2v) is 11.7. The molecule has 290 valence electrons. The summed E-state index contributed by atoms with van der Waals surface area (Å²) in [5.41, 5.74) is 0.410. The zero-order chi connectivity index (χ0) is 39.0. The fourth-order valence-corrected chi connectivity index (χ4v) is 4.48. The number of hydrogen-bond acceptors (Lipinski definition) is 14. The summed E-state index contributed by atoms with van der Waals surface area (Å²) in [7, 11) is 0. The van der Waals surface area contributed by atoms with E-state index in [2.05, 4.69) is 0 Å². The maximum absolute atomic E-state index is 12.6.